The van der Waals surface area contributed by atoms with Gasteiger partial charge < -0.3 is 10.2 Å². The lowest BCUT2D eigenvalue weighted by Crippen LogP contribution is -2.50. The predicted octanol–water partition coefficient (Wildman–Crippen LogP) is 4.07. The quantitative estimate of drug-likeness (QED) is 0.494. The van der Waals surface area contributed by atoms with Crippen molar-refractivity contribution in [1.29, 1.82) is 0 Å². The first kappa shape index (κ1) is 20.4. The number of amides is 2. The summed E-state index contributed by atoms with van der Waals surface area (Å²) in [7, 11) is 0. The van der Waals surface area contributed by atoms with Crippen molar-refractivity contribution in [2.45, 2.75) is 25.9 Å². The molecule has 162 valence electrons. The van der Waals surface area contributed by atoms with Gasteiger partial charge in [0.25, 0.3) is 11.8 Å². The molecule has 0 bridgehead atoms. The van der Waals surface area contributed by atoms with Gasteiger partial charge in [0.2, 0.25) is 0 Å². The predicted molar refractivity (Wildman–Crippen MR) is 121 cm³/mol. The van der Waals surface area contributed by atoms with Crippen LogP contribution in [-0.2, 0) is 13.0 Å². The van der Waals surface area contributed by atoms with E-state index in [2.05, 4.69) is 15.5 Å². The number of carbonyl (C=O) groups is 2. The lowest BCUT2D eigenvalue weighted by Gasteiger charge is -2.37. The third-order valence-corrected chi connectivity index (χ3v) is 6.94. The Balaban J connectivity index is 1.41. The summed E-state index contributed by atoms with van der Waals surface area (Å²) in [6.07, 6.45) is 2.25. The molecule has 0 spiro atoms. The smallest absolute Gasteiger partial charge is 0.264 e. The summed E-state index contributed by atoms with van der Waals surface area (Å²) in [5.41, 5.74) is 4.17. The van der Waals surface area contributed by atoms with Crippen LogP contribution in [0.2, 0.25) is 0 Å². The number of fused-ring (bicyclic) bond motifs is 2. The van der Waals surface area contributed by atoms with Crippen LogP contribution in [0.1, 0.15) is 36.7 Å². The number of halogens is 1. The summed E-state index contributed by atoms with van der Waals surface area (Å²) in [5.74, 6) is -0.427. The molecule has 1 aliphatic rings. The highest BCUT2D eigenvalue weighted by molar-refractivity contribution is 7.12. The number of hydrogen-bond donors (Lipinski definition) is 2. The van der Waals surface area contributed by atoms with Gasteiger partial charge in [0.15, 0.2) is 5.13 Å². The van der Waals surface area contributed by atoms with Gasteiger partial charge >= 0.3 is 0 Å². The fourth-order valence-electron chi connectivity index (χ4n) is 4.27. The molecule has 0 saturated carbocycles. The first-order valence-corrected chi connectivity index (χ1v) is 11.2. The number of nitrogens with zero attached hydrogens (tertiary/aromatic N) is 2. The Bertz CT molecular complexity index is 1330. The standard InChI is InChI=1S/C24H21FN4O2S/c1-14-9-21(25)32-22(14)24(31)29-13-16-6-3-2-5-15(16)10-17(29)11-26-23(30)18-7-4-8-20-19(18)12-27-28-20/h2-9,12,17H,10-11,13H2,1H3,(H,26,30)(H,27,28). The molecule has 0 radical (unpaired) electrons. The number of rotatable bonds is 4. The number of aromatic nitrogens is 2. The fraction of sp³-hybridized carbons (Fsp3) is 0.208. The molecule has 1 unspecified atom stereocenters. The van der Waals surface area contributed by atoms with Crippen LogP contribution in [0, 0.1) is 12.1 Å². The van der Waals surface area contributed by atoms with Gasteiger partial charge in [0.05, 0.1) is 28.2 Å². The number of H-pyrrole nitrogens is 1. The molecule has 6 nitrogen and oxygen atoms in total. The molecule has 0 saturated heterocycles. The molecule has 3 heterocycles. The topological polar surface area (TPSA) is 78.1 Å². The van der Waals surface area contributed by atoms with Crippen molar-refractivity contribution in [2.24, 2.45) is 0 Å². The van der Waals surface area contributed by atoms with E-state index in [-0.39, 0.29) is 23.0 Å². The van der Waals surface area contributed by atoms with Gasteiger partial charge in [-0.1, -0.05) is 30.3 Å². The van der Waals surface area contributed by atoms with E-state index in [4.69, 9.17) is 0 Å². The van der Waals surface area contributed by atoms with Crippen LogP contribution in [0.15, 0.2) is 54.7 Å². The van der Waals surface area contributed by atoms with E-state index in [0.29, 0.717) is 35.5 Å². The minimum Gasteiger partial charge on any atom is -0.350 e. The molecule has 2 N–H and O–H groups in total. The van der Waals surface area contributed by atoms with Crippen molar-refractivity contribution in [3.05, 3.63) is 87.0 Å². The van der Waals surface area contributed by atoms with Gasteiger partial charge in [-0.3, -0.25) is 14.7 Å². The molecule has 2 aromatic carbocycles. The van der Waals surface area contributed by atoms with Gasteiger partial charge in [-0.15, -0.1) is 11.3 Å². The van der Waals surface area contributed by atoms with Crippen LogP contribution in [0.25, 0.3) is 10.9 Å². The van der Waals surface area contributed by atoms with Crippen molar-refractivity contribution in [2.75, 3.05) is 6.54 Å². The lowest BCUT2D eigenvalue weighted by molar-refractivity contribution is 0.0633. The van der Waals surface area contributed by atoms with Crippen LogP contribution >= 0.6 is 11.3 Å². The molecular weight excluding hydrogens is 427 g/mol. The second-order valence-corrected chi connectivity index (χ2v) is 8.97. The van der Waals surface area contributed by atoms with Gasteiger partial charge in [-0.25, -0.2) is 0 Å². The van der Waals surface area contributed by atoms with Crippen LogP contribution in [0.5, 0.6) is 0 Å². The molecule has 5 rings (SSSR count). The van der Waals surface area contributed by atoms with E-state index < -0.39 is 0 Å². The Kier molecular flexibility index (Phi) is 5.22. The first-order valence-electron chi connectivity index (χ1n) is 10.3. The van der Waals surface area contributed by atoms with Gasteiger partial charge in [-0.05, 0) is 48.2 Å². The van der Waals surface area contributed by atoms with Crippen LogP contribution in [0.4, 0.5) is 4.39 Å². The molecule has 1 aliphatic heterocycles. The zero-order valence-electron chi connectivity index (χ0n) is 17.4. The molecule has 2 aromatic heterocycles. The van der Waals surface area contributed by atoms with Crippen molar-refractivity contribution >= 4 is 34.1 Å². The maximum atomic E-state index is 13.8. The zero-order valence-corrected chi connectivity index (χ0v) is 18.2. The number of thiophene rings is 1. The summed E-state index contributed by atoms with van der Waals surface area (Å²) >= 11 is 0.867. The average molecular weight is 449 g/mol. The van der Waals surface area contributed by atoms with E-state index in [1.807, 2.05) is 30.3 Å². The number of nitrogens with one attached hydrogen (secondary N) is 2. The Morgan fingerprint density at radius 1 is 1.22 bits per heavy atom. The second-order valence-electron chi connectivity index (χ2n) is 7.97. The second kappa shape index (κ2) is 8.20. The van der Waals surface area contributed by atoms with Crippen molar-refractivity contribution < 1.29 is 14.0 Å². The largest absolute Gasteiger partial charge is 0.350 e. The van der Waals surface area contributed by atoms with Crippen LogP contribution in [0.3, 0.4) is 0 Å². The van der Waals surface area contributed by atoms with E-state index in [0.717, 1.165) is 33.4 Å². The number of aromatic amines is 1. The molecule has 8 heteroatoms. The van der Waals surface area contributed by atoms with E-state index >= 15 is 0 Å². The Labute approximate surface area is 188 Å². The third kappa shape index (κ3) is 3.67. The molecule has 0 aliphatic carbocycles. The van der Waals surface area contributed by atoms with Gasteiger partial charge in [-0.2, -0.15) is 9.49 Å². The summed E-state index contributed by atoms with van der Waals surface area (Å²) in [6, 6.07) is 14.5. The molecule has 2 amide bonds. The first-order chi connectivity index (χ1) is 15.5. The third-order valence-electron chi connectivity index (χ3n) is 5.93. The normalized spacial score (nSPS) is 15.6. The monoisotopic (exact) mass is 448 g/mol. The molecule has 0 fully saturated rings. The van der Waals surface area contributed by atoms with E-state index in [1.165, 1.54) is 6.07 Å². The fourth-order valence-corrected chi connectivity index (χ4v) is 5.12. The molecule has 4 aromatic rings. The van der Waals surface area contributed by atoms with Crippen molar-refractivity contribution in [3.63, 3.8) is 0 Å². The minimum absolute atomic E-state index is 0.206. The maximum absolute atomic E-state index is 13.8. The summed E-state index contributed by atoms with van der Waals surface area (Å²) in [5, 5.41) is 10.2. The maximum Gasteiger partial charge on any atom is 0.264 e. The van der Waals surface area contributed by atoms with E-state index in [9.17, 15) is 14.0 Å². The molecule has 32 heavy (non-hydrogen) atoms. The highest BCUT2D eigenvalue weighted by Crippen LogP contribution is 2.28. The van der Waals surface area contributed by atoms with Crippen molar-refractivity contribution in [3.8, 4) is 0 Å². The summed E-state index contributed by atoms with van der Waals surface area (Å²) < 4.78 is 13.8. The van der Waals surface area contributed by atoms with Crippen LogP contribution < -0.4 is 5.32 Å². The highest BCUT2D eigenvalue weighted by atomic mass is 32.1. The lowest BCUT2D eigenvalue weighted by atomic mass is 9.93. The Hall–Kier alpha value is -3.52. The summed E-state index contributed by atoms with van der Waals surface area (Å²) in [4.78, 5) is 28.5. The number of aryl methyl sites for hydroxylation is 1. The van der Waals surface area contributed by atoms with Gasteiger partial charge in [0.1, 0.15) is 0 Å². The van der Waals surface area contributed by atoms with E-state index in [1.54, 1.807) is 30.2 Å². The Morgan fingerprint density at radius 2 is 2.03 bits per heavy atom. The number of hydrogen-bond acceptors (Lipinski definition) is 4. The van der Waals surface area contributed by atoms with Crippen LogP contribution in [-0.4, -0.2) is 39.5 Å². The molecule has 1 atom stereocenters. The highest BCUT2D eigenvalue weighted by Gasteiger charge is 2.32. The minimum atomic E-state index is -0.374. The average Bonchev–Trinajstić information content (AvgIpc) is 3.41. The Morgan fingerprint density at radius 3 is 2.81 bits per heavy atom. The number of benzene rings is 2. The van der Waals surface area contributed by atoms with Crippen molar-refractivity contribution in [1.82, 2.24) is 20.4 Å². The molecular formula is C24H21FN4O2S. The number of carbonyl (C=O) groups excluding carboxylic acids is 2. The summed E-state index contributed by atoms with van der Waals surface area (Å²) in [6.45, 7) is 2.46. The SMILES string of the molecule is Cc1cc(F)sc1C(=O)N1Cc2ccccc2CC1CNC(=O)c1cccc2[nH]ncc12. The zero-order chi connectivity index (χ0) is 22.2. The van der Waals surface area contributed by atoms with Gasteiger partial charge in [0, 0.05) is 18.5 Å².